The van der Waals surface area contributed by atoms with Crippen LogP contribution in [0.2, 0.25) is 5.02 Å². The molecule has 6 nitrogen and oxygen atoms in total. The third-order valence-corrected chi connectivity index (χ3v) is 4.68. The normalized spacial score (nSPS) is 14.6. The van der Waals surface area contributed by atoms with Gasteiger partial charge in [0.15, 0.2) is 6.61 Å². The van der Waals surface area contributed by atoms with E-state index in [1.807, 2.05) is 0 Å². The Bertz CT molecular complexity index is 642. The standard InChI is InChI=1S/C18H23ClN2O4/c1-12-14(19)8-5-9-15(12)21-16(22)10-20-17(23)11-25-18(24)13-6-3-2-4-7-13/h5,8-9,13H,2-4,6-7,10-11H2,1H3,(H,20,23)(H,21,22). The van der Waals surface area contributed by atoms with E-state index in [9.17, 15) is 14.4 Å². The Morgan fingerprint density at radius 3 is 2.60 bits per heavy atom. The van der Waals surface area contributed by atoms with Crippen LogP contribution in [0.4, 0.5) is 5.69 Å². The Morgan fingerprint density at radius 2 is 1.88 bits per heavy atom. The smallest absolute Gasteiger partial charge is 0.309 e. The van der Waals surface area contributed by atoms with Crippen molar-refractivity contribution in [1.29, 1.82) is 0 Å². The van der Waals surface area contributed by atoms with E-state index in [2.05, 4.69) is 10.6 Å². The maximum atomic E-state index is 11.9. The first-order valence-corrected chi connectivity index (χ1v) is 8.83. The number of anilines is 1. The maximum absolute atomic E-state index is 11.9. The van der Waals surface area contributed by atoms with Crippen molar-refractivity contribution in [1.82, 2.24) is 5.32 Å². The highest BCUT2D eigenvalue weighted by Crippen LogP contribution is 2.24. The average molecular weight is 367 g/mol. The number of nitrogens with one attached hydrogen (secondary N) is 2. The van der Waals surface area contributed by atoms with Crippen molar-refractivity contribution in [2.24, 2.45) is 5.92 Å². The Kier molecular flexibility index (Phi) is 7.25. The van der Waals surface area contributed by atoms with Crippen LogP contribution in [0.15, 0.2) is 18.2 Å². The molecule has 2 N–H and O–H groups in total. The molecule has 2 amide bonds. The van der Waals surface area contributed by atoms with E-state index in [1.165, 1.54) is 0 Å². The molecule has 0 bridgehead atoms. The van der Waals surface area contributed by atoms with E-state index >= 15 is 0 Å². The van der Waals surface area contributed by atoms with Gasteiger partial charge in [-0.25, -0.2) is 0 Å². The molecule has 0 heterocycles. The van der Waals surface area contributed by atoms with E-state index in [0.29, 0.717) is 10.7 Å². The molecule has 0 spiro atoms. The second-order valence-electron chi connectivity index (χ2n) is 6.18. The highest BCUT2D eigenvalue weighted by atomic mass is 35.5. The van der Waals surface area contributed by atoms with Gasteiger partial charge in [0.25, 0.3) is 5.91 Å². The van der Waals surface area contributed by atoms with Crippen molar-refractivity contribution >= 4 is 35.1 Å². The van der Waals surface area contributed by atoms with Gasteiger partial charge in [0, 0.05) is 10.7 Å². The summed E-state index contributed by atoms with van der Waals surface area (Å²) in [5, 5.41) is 5.66. The van der Waals surface area contributed by atoms with E-state index in [-0.39, 0.29) is 30.9 Å². The van der Waals surface area contributed by atoms with Crippen LogP contribution in [0.5, 0.6) is 0 Å². The van der Waals surface area contributed by atoms with E-state index in [0.717, 1.165) is 37.7 Å². The number of halogens is 1. The number of amides is 2. The van der Waals surface area contributed by atoms with Gasteiger partial charge in [-0.15, -0.1) is 0 Å². The first-order chi connectivity index (χ1) is 12.0. The second kappa shape index (κ2) is 9.42. The summed E-state index contributed by atoms with van der Waals surface area (Å²) in [6.45, 7) is 1.23. The number of hydrogen-bond donors (Lipinski definition) is 2. The van der Waals surface area contributed by atoms with Crippen LogP contribution in [0.3, 0.4) is 0 Å². The molecular formula is C18H23ClN2O4. The van der Waals surface area contributed by atoms with Crippen LogP contribution in [-0.2, 0) is 19.1 Å². The van der Waals surface area contributed by atoms with Crippen LogP contribution in [-0.4, -0.2) is 30.9 Å². The van der Waals surface area contributed by atoms with Crippen molar-refractivity contribution in [2.45, 2.75) is 39.0 Å². The van der Waals surface area contributed by atoms with Crippen LogP contribution in [0.1, 0.15) is 37.7 Å². The van der Waals surface area contributed by atoms with Gasteiger partial charge in [-0.3, -0.25) is 14.4 Å². The minimum absolute atomic E-state index is 0.101. The summed E-state index contributed by atoms with van der Waals surface area (Å²) in [6.07, 6.45) is 4.83. The molecule has 1 aromatic carbocycles. The number of ether oxygens (including phenoxy) is 1. The summed E-state index contributed by atoms with van der Waals surface area (Å²) in [6, 6.07) is 5.19. The predicted octanol–water partition coefficient (Wildman–Crippen LogP) is 2.83. The van der Waals surface area contributed by atoms with E-state index < -0.39 is 5.91 Å². The van der Waals surface area contributed by atoms with Crippen LogP contribution < -0.4 is 10.6 Å². The molecule has 0 radical (unpaired) electrons. The highest BCUT2D eigenvalue weighted by molar-refractivity contribution is 6.31. The molecule has 0 aromatic heterocycles. The van der Waals surface area contributed by atoms with Crippen LogP contribution >= 0.6 is 11.6 Å². The number of rotatable bonds is 6. The quantitative estimate of drug-likeness (QED) is 0.758. The lowest BCUT2D eigenvalue weighted by atomic mass is 9.89. The maximum Gasteiger partial charge on any atom is 0.309 e. The van der Waals surface area contributed by atoms with Crippen LogP contribution in [0, 0.1) is 12.8 Å². The lowest BCUT2D eigenvalue weighted by Gasteiger charge is -2.19. The summed E-state index contributed by atoms with van der Waals surface area (Å²) in [4.78, 5) is 35.5. The van der Waals surface area contributed by atoms with Gasteiger partial charge in [0.2, 0.25) is 5.91 Å². The van der Waals surface area contributed by atoms with Crippen molar-refractivity contribution in [3.63, 3.8) is 0 Å². The van der Waals surface area contributed by atoms with Gasteiger partial charge in [-0.1, -0.05) is 36.9 Å². The fourth-order valence-corrected chi connectivity index (χ4v) is 2.93. The molecule has 2 rings (SSSR count). The van der Waals surface area contributed by atoms with Crippen molar-refractivity contribution in [3.05, 3.63) is 28.8 Å². The van der Waals surface area contributed by atoms with Crippen molar-refractivity contribution < 1.29 is 19.1 Å². The monoisotopic (exact) mass is 366 g/mol. The molecule has 0 aliphatic heterocycles. The molecule has 0 saturated heterocycles. The van der Waals surface area contributed by atoms with Crippen molar-refractivity contribution in [3.8, 4) is 0 Å². The zero-order chi connectivity index (χ0) is 18.2. The molecule has 1 saturated carbocycles. The number of benzene rings is 1. The Morgan fingerprint density at radius 1 is 1.16 bits per heavy atom. The molecule has 1 aliphatic carbocycles. The van der Waals surface area contributed by atoms with Crippen molar-refractivity contribution in [2.75, 3.05) is 18.5 Å². The van der Waals surface area contributed by atoms with E-state index in [4.69, 9.17) is 16.3 Å². The third kappa shape index (κ3) is 6.05. The van der Waals surface area contributed by atoms with Gasteiger partial charge in [0.05, 0.1) is 12.5 Å². The molecule has 1 aliphatic rings. The summed E-state index contributed by atoms with van der Waals surface area (Å²) in [7, 11) is 0. The van der Waals surface area contributed by atoms with Crippen LogP contribution in [0.25, 0.3) is 0 Å². The Balaban J connectivity index is 1.69. The first kappa shape index (κ1) is 19.2. The minimum atomic E-state index is -0.498. The average Bonchev–Trinajstić information content (AvgIpc) is 2.62. The zero-order valence-corrected chi connectivity index (χ0v) is 15.0. The molecule has 7 heteroatoms. The molecule has 0 atom stereocenters. The van der Waals surface area contributed by atoms with Gasteiger partial charge in [-0.2, -0.15) is 0 Å². The number of carbonyl (C=O) groups excluding carboxylic acids is 3. The lowest BCUT2D eigenvalue weighted by Crippen LogP contribution is -2.36. The topological polar surface area (TPSA) is 84.5 Å². The molecule has 25 heavy (non-hydrogen) atoms. The Hall–Kier alpha value is -2.08. The van der Waals surface area contributed by atoms with E-state index in [1.54, 1.807) is 25.1 Å². The van der Waals surface area contributed by atoms with Gasteiger partial charge < -0.3 is 15.4 Å². The third-order valence-electron chi connectivity index (χ3n) is 4.27. The molecule has 1 fully saturated rings. The second-order valence-corrected chi connectivity index (χ2v) is 6.59. The molecule has 1 aromatic rings. The number of esters is 1. The number of hydrogen-bond acceptors (Lipinski definition) is 4. The minimum Gasteiger partial charge on any atom is -0.455 e. The fraction of sp³-hybridized carbons (Fsp3) is 0.500. The summed E-state index contributed by atoms with van der Waals surface area (Å²) in [5.74, 6) is -1.30. The van der Waals surface area contributed by atoms with Gasteiger partial charge in [0.1, 0.15) is 0 Å². The molecule has 136 valence electrons. The van der Waals surface area contributed by atoms with Gasteiger partial charge >= 0.3 is 5.97 Å². The predicted molar refractivity (Wildman–Crippen MR) is 95.4 cm³/mol. The lowest BCUT2D eigenvalue weighted by molar-refractivity contribution is -0.153. The summed E-state index contributed by atoms with van der Waals surface area (Å²) in [5.41, 5.74) is 1.35. The first-order valence-electron chi connectivity index (χ1n) is 8.45. The Labute approximate surface area is 152 Å². The largest absolute Gasteiger partial charge is 0.455 e. The molecular weight excluding hydrogens is 344 g/mol. The summed E-state index contributed by atoms with van der Waals surface area (Å²) >= 11 is 5.99. The molecule has 0 unspecified atom stereocenters. The zero-order valence-electron chi connectivity index (χ0n) is 14.3. The fourth-order valence-electron chi connectivity index (χ4n) is 2.76. The SMILES string of the molecule is Cc1c(Cl)cccc1NC(=O)CNC(=O)COC(=O)C1CCCCC1. The highest BCUT2D eigenvalue weighted by Gasteiger charge is 2.23. The summed E-state index contributed by atoms with van der Waals surface area (Å²) < 4.78 is 5.03. The number of carbonyl (C=O) groups is 3. The van der Waals surface area contributed by atoms with Gasteiger partial charge in [-0.05, 0) is 37.5 Å².